The number of hydrogen-bond donors (Lipinski definition) is 1. The van der Waals surface area contributed by atoms with Crippen LogP contribution in [0.4, 0.5) is 11.4 Å². The van der Waals surface area contributed by atoms with Crippen LogP contribution in [0.5, 0.6) is 5.88 Å². The summed E-state index contributed by atoms with van der Waals surface area (Å²) in [4.78, 5) is 27.1. The maximum Gasteiger partial charge on any atom is 0.309 e. The van der Waals surface area contributed by atoms with Crippen LogP contribution in [-0.4, -0.2) is 35.8 Å². The van der Waals surface area contributed by atoms with E-state index in [0.717, 1.165) is 33.6 Å². The molecule has 0 saturated heterocycles. The quantitative estimate of drug-likeness (QED) is 0.222. The molecule has 206 valence electrons. The number of anilines is 2. The van der Waals surface area contributed by atoms with Gasteiger partial charge in [-0.25, -0.2) is 0 Å². The van der Waals surface area contributed by atoms with Gasteiger partial charge in [0.25, 0.3) is 5.91 Å². The first-order valence-corrected chi connectivity index (χ1v) is 13.4. The number of nitrogens with zero attached hydrogens (tertiary/aromatic N) is 3. The van der Waals surface area contributed by atoms with Crippen molar-refractivity contribution in [2.45, 2.75) is 20.8 Å². The van der Waals surface area contributed by atoms with Crippen molar-refractivity contribution >= 4 is 23.3 Å². The third-order valence-electron chi connectivity index (χ3n) is 7.01. The van der Waals surface area contributed by atoms with Gasteiger partial charge in [-0.05, 0) is 73.0 Å². The fourth-order valence-electron chi connectivity index (χ4n) is 4.65. The number of aromatic nitrogens is 2. The van der Waals surface area contributed by atoms with Gasteiger partial charge in [-0.3, -0.25) is 9.59 Å². The Morgan fingerprint density at radius 1 is 0.805 bits per heavy atom. The zero-order valence-corrected chi connectivity index (χ0v) is 23.8. The molecule has 0 spiro atoms. The number of amides is 1. The zero-order chi connectivity index (χ0) is 29.1. The molecular weight excluding hydrogens is 512 g/mol. The molecule has 4 aromatic carbocycles. The molecule has 0 saturated carbocycles. The van der Waals surface area contributed by atoms with Crippen LogP contribution in [0, 0.1) is 13.8 Å². The SMILES string of the molecule is CC(=O)Oc1c(-c2ccc(NC(=O)c3ccccc3)cc2)c(-c2ccc(N(C)C)cc2)nn1-c1cccc(C)c1C. The molecule has 41 heavy (non-hydrogen) atoms. The Bertz CT molecular complexity index is 1700. The van der Waals surface area contributed by atoms with Gasteiger partial charge in [0.05, 0.1) is 11.3 Å². The predicted octanol–water partition coefficient (Wildman–Crippen LogP) is 7.07. The third kappa shape index (κ3) is 5.75. The zero-order valence-electron chi connectivity index (χ0n) is 23.8. The number of ether oxygens (including phenoxy) is 1. The summed E-state index contributed by atoms with van der Waals surface area (Å²) in [6, 6.07) is 30.6. The number of carbonyl (C=O) groups is 2. The maximum absolute atomic E-state index is 12.7. The Morgan fingerprint density at radius 2 is 1.46 bits per heavy atom. The van der Waals surface area contributed by atoms with E-state index in [1.165, 1.54) is 6.92 Å². The molecule has 0 bridgehead atoms. The molecule has 5 aromatic rings. The minimum atomic E-state index is -0.445. The molecule has 0 aliphatic heterocycles. The van der Waals surface area contributed by atoms with Gasteiger partial charge in [0.2, 0.25) is 5.88 Å². The van der Waals surface area contributed by atoms with Gasteiger partial charge < -0.3 is 15.0 Å². The number of rotatable bonds is 7. The smallest absolute Gasteiger partial charge is 0.309 e. The van der Waals surface area contributed by atoms with Gasteiger partial charge in [-0.15, -0.1) is 0 Å². The van der Waals surface area contributed by atoms with E-state index in [-0.39, 0.29) is 5.91 Å². The summed E-state index contributed by atoms with van der Waals surface area (Å²) in [6.07, 6.45) is 0. The molecule has 0 atom stereocenters. The molecule has 1 heterocycles. The Balaban J connectivity index is 1.65. The second-order valence-corrected chi connectivity index (χ2v) is 10.1. The van der Waals surface area contributed by atoms with Gasteiger partial charge in [-0.1, -0.05) is 54.6 Å². The van der Waals surface area contributed by atoms with Crippen LogP contribution in [0.2, 0.25) is 0 Å². The summed E-state index contributed by atoms with van der Waals surface area (Å²) >= 11 is 0. The van der Waals surface area contributed by atoms with Crippen molar-refractivity contribution in [2.24, 2.45) is 0 Å². The lowest BCUT2D eigenvalue weighted by atomic mass is 10.0. The highest BCUT2D eigenvalue weighted by Gasteiger charge is 2.25. The van der Waals surface area contributed by atoms with Crippen molar-refractivity contribution in [2.75, 3.05) is 24.3 Å². The summed E-state index contributed by atoms with van der Waals surface area (Å²) in [7, 11) is 3.99. The maximum atomic E-state index is 12.7. The molecule has 7 nitrogen and oxygen atoms in total. The molecule has 0 radical (unpaired) electrons. The van der Waals surface area contributed by atoms with E-state index < -0.39 is 5.97 Å². The molecule has 1 N–H and O–H groups in total. The highest BCUT2D eigenvalue weighted by Crippen LogP contribution is 2.42. The van der Waals surface area contributed by atoms with Crippen LogP contribution in [0.15, 0.2) is 97.1 Å². The second kappa shape index (κ2) is 11.5. The van der Waals surface area contributed by atoms with Gasteiger partial charge in [0, 0.05) is 43.5 Å². The summed E-state index contributed by atoms with van der Waals surface area (Å²) in [6.45, 7) is 5.45. The van der Waals surface area contributed by atoms with Gasteiger partial charge in [0.1, 0.15) is 5.69 Å². The van der Waals surface area contributed by atoms with E-state index >= 15 is 0 Å². The van der Waals surface area contributed by atoms with E-state index in [1.54, 1.807) is 16.8 Å². The van der Waals surface area contributed by atoms with Gasteiger partial charge >= 0.3 is 5.97 Å². The van der Waals surface area contributed by atoms with Crippen molar-refractivity contribution in [1.82, 2.24) is 9.78 Å². The van der Waals surface area contributed by atoms with E-state index in [1.807, 2.05) is 118 Å². The third-order valence-corrected chi connectivity index (χ3v) is 7.01. The normalized spacial score (nSPS) is 10.8. The monoisotopic (exact) mass is 544 g/mol. The number of hydrogen-bond acceptors (Lipinski definition) is 5. The first kappa shape index (κ1) is 27.4. The molecular formula is C34H32N4O3. The minimum absolute atomic E-state index is 0.191. The van der Waals surface area contributed by atoms with Gasteiger partial charge in [-0.2, -0.15) is 9.78 Å². The van der Waals surface area contributed by atoms with Crippen molar-refractivity contribution < 1.29 is 14.3 Å². The average Bonchev–Trinajstić information content (AvgIpc) is 3.33. The number of aryl methyl sites for hydroxylation is 1. The summed E-state index contributed by atoms with van der Waals surface area (Å²) < 4.78 is 7.59. The Kier molecular flexibility index (Phi) is 7.70. The number of benzene rings is 4. The fraction of sp³-hybridized carbons (Fsp3) is 0.147. The van der Waals surface area contributed by atoms with Crippen LogP contribution in [-0.2, 0) is 4.79 Å². The Labute approximate surface area is 240 Å². The lowest BCUT2D eigenvalue weighted by Gasteiger charge is -2.13. The Hall–Kier alpha value is -5.17. The molecule has 0 aliphatic rings. The molecule has 7 heteroatoms. The van der Waals surface area contributed by atoms with Crippen molar-refractivity contribution in [1.29, 1.82) is 0 Å². The summed E-state index contributed by atoms with van der Waals surface area (Å²) in [5.41, 5.74) is 8.27. The topological polar surface area (TPSA) is 76.5 Å². The average molecular weight is 545 g/mol. The van der Waals surface area contributed by atoms with Crippen LogP contribution >= 0.6 is 0 Å². The van der Waals surface area contributed by atoms with E-state index in [2.05, 4.69) is 5.32 Å². The lowest BCUT2D eigenvalue weighted by Crippen LogP contribution is -2.11. The summed E-state index contributed by atoms with van der Waals surface area (Å²) in [5.74, 6) is -0.304. The van der Waals surface area contributed by atoms with Crippen molar-refractivity contribution in [3.63, 3.8) is 0 Å². The molecule has 0 fully saturated rings. The standard InChI is InChI=1S/C34H32N4O3/c1-22-10-9-13-30(23(22)2)38-34(41-24(3)39)31(32(36-38)26-16-20-29(21-17-26)37(4)5)25-14-18-28(19-15-25)35-33(40)27-11-7-6-8-12-27/h6-21H,1-5H3,(H,35,40). The molecule has 1 amide bonds. The van der Waals surface area contributed by atoms with Crippen LogP contribution in [0.1, 0.15) is 28.4 Å². The predicted molar refractivity (Wildman–Crippen MR) is 164 cm³/mol. The summed E-state index contributed by atoms with van der Waals surface area (Å²) in [5, 5.41) is 7.96. The van der Waals surface area contributed by atoms with Crippen LogP contribution < -0.4 is 15.0 Å². The molecule has 0 aliphatic carbocycles. The van der Waals surface area contributed by atoms with E-state index in [4.69, 9.17) is 9.84 Å². The fourth-order valence-corrected chi connectivity index (χ4v) is 4.65. The first-order valence-electron chi connectivity index (χ1n) is 13.4. The first-order chi connectivity index (χ1) is 19.7. The largest absolute Gasteiger partial charge is 0.407 e. The molecule has 1 aromatic heterocycles. The van der Waals surface area contributed by atoms with E-state index in [9.17, 15) is 9.59 Å². The van der Waals surface area contributed by atoms with Crippen LogP contribution in [0.25, 0.3) is 28.1 Å². The number of nitrogens with one attached hydrogen (secondary N) is 1. The molecule has 0 unspecified atom stereocenters. The lowest BCUT2D eigenvalue weighted by molar-refractivity contribution is -0.132. The second-order valence-electron chi connectivity index (χ2n) is 10.1. The number of carbonyl (C=O) groups excluding carboxylic acids is 2. The van der Waals surface area contributed by atoms with Gasteiger partial charge in [0.15, 0.2) is 0 Å². The number of esters is 1. The van der Waals surface area contributed by atoms with E-state index in [0.29, 0.717) is 28.4 Å². The van der Waals surface area contributed by atoms with Crippen molar-refractivity contribution in [3.05, 3.63) is 114 Å². The highest BCUT2D eigenvalue weighted by molar-refractivity contribution is 6.04. The van der Waals surface area contributed by atoms with Crippen LogP contribution in [0.3, 0.4) is 0 Å². The minimum Gasteiger partial charge on any atom is -0.407 e. The Morgan fingerprint density at radius 3 is 2.10 bits per heavy atom. The highest BCUT2D eigenvalue weighted by atomic mass is 16.5. The molecule has 5 rings (SSSR count). The van der Waals surface area contributed by atoms with Crippen molar-refractivity contribution in [3.8, 4) is 34.0 Å².